The van der Waals surface area contributed by atoms with Crippen LogP contribution in [-0.2, 0) is 13.6 Å². The van der Waals surface area contributed by atoms with Gasteiger partial charge in [-0.25, -0.2) is 0 Å². The summed E-state index contributed by atoms with van der Waals surface area (Å²) in [5.41, 5.74) is 3.07. The molecular weight excluding hydrogens is 224 g/mol. The van der Waals surface area contributed by atoms with Gasteiger partial charge < -0.3 is 9.88 Å². The Morgan fingerprint density at radius 3 is 2.67 bits per heavy atom. The lowest BCUT2D eigenvalue weighted by Gasteiger charge is -2.06. The Bertz CT molecular complexity index is 641. The van der Waals surface area contributed by atoms with Gasteiger partial charge in [-0.15, -0.1) is 0 Å². The minimum Gasteiger partial charge on any atom is -0.380 e. The van der Waals surface area contributed by atoms with E-state index >= 15 is 0 Å². The van der Waals surface area contributed by atoms with Gasteiger partial charge in [0, 0.05) is 19.8 Å². The third-order valence-electron chi connectivity index (χ3n) is 2.71. The van der Waals surface area contributed by atoms with E-state index < -0.39 is 0 Å². The van der Waals surface area contributed by atoms with E-state index in [9.17, 15) is 0 Å². The van der Waals surface area contributed by atoms with Gasteiger partial charge in [0.2, 0.25) is 0 Å². The lowest BCUT2D eigenvalue weighted by Crippen LogP contribution is -2.00. The minimum absolute atomic E-state index is 0.591. The molecule has 1 N–H and O–H groups in total. The molecule has 0 spiro atoms. The number of aryl methyl sites for hydroxylation is 1. The maximum absolute atomic E-state index is 8.96. The smallest absolute Gasteiger partial charge is 0.120 e. The van der Waals surface area contributed by atoms with E-state index in [4.69, 9.17) is 10.5 Å². The van der Waals surface area contributed by atoms with Crippen LogP contribution in [0, 0.1) is 22.7 Å². The molecule has 0 fully saturated rings. The first-order valence-corrected chi connectivity index (χ1v) is 5.53. The molecule has 0 aliphatic heterocycles. The van der Waals surface area contributed by atoms with Gasteiger partial charge in [-0.3, -0.25) is 0 Å². The number of para-hydroxylation sites is 1. The molecule has 1 heterocycles. The van der Waals surface area contributed by atoms with Gasteiger partial charge in [-0.05, 0) is 23.8 Å². The van der Waals surface area contributed by atoms with Gasteiger partial charge in [0.15, 0.2) is 0 Å². The zero-order valence-electron chi connectivity index (χ0n) is 10.0. The molecule has 0 aliphatic rings. The highest BCUT2D eigenvalue weighted by Gasteiger charge is 2.03. The highest BCUT2D eigenvalue weighted by atomic mass is 14.9. The molecule has 1 aromatic heterocycles. The van der Waals surface area contributed by atoms with E-state index in [1.54, 1.807) is 10.6 Å². The van der Waals surface area contributed by atoms with Crippen molar-refractivity contribution in [2.24, 2.45) is 7.05 Å². The predicted molar refractivity (Wildman–Crippen MR) is 68.6 cm³/mol. The summed E-state index contributed by atoms with van der Waals surface area (Å²) in [6.45, 7) is 0.591. The van der Waals surface area contributed by atoms with Gasteiger partial charge in [0.1, 0.15) is 17.8 Å². The lowest BCUT2D eigenvalue weighted by molar-refractivity contribution is 0.902. The van der Waals surface area contributed by atoms with Crippen LogP contribution in [0.4, 0.5) is 5.69 Å². The van der Waals surface area contributed by atoms with Crippen LogP contribution in [0.2, 0.25) is 0 Å². The largest absolute Gasteiger partial charge is 0.380 e. The number of benzene rings is 1. The predicted octanol–water partition coefficient (Wildman–Crippen LogP) is 2.38. The third kappa shape index (κ3) is 2.34. The van der Waals surface area contributed by atoms with E-state index in [1.165, 1.54) is 0 Å². The Hall–Kier alpha value is -2.72. The van der Waals surface area contributed by atoms with Gasteiger partial charge in [0.25, 0.3) is 0 Å². The summed E-state index contributed by atoms with van der Waals surface area (Å²) in [6, 6.07) is 13.5. The number of hydrogen-bond acceptors (Lipinski definition) is 3. The number of anilines is 1. The first kappa shape index (κ1) is 11.8. The number of nitriles is 2. The highest BCUT2D eigenvalue weighted by molar-refractivity contribution is 5.57. The molecule has 0 radical (unpaired) electrons. The lowest BCUT2D eigenvalue weighted by atomic mass is 10.2. The zero-order valence-corrected chi connectivity index (χ0v) is 10.0. The fourth-order valence-electron chi connectivity index (χ4n) is 1.77. The molecule has 1 aromatic carbocycles. The van der Waals surface area contributed by atoms with Crippen molar-refractivity contribution in [1.82, 2.24) is 4.57 Å². The van der Waals surface area contributed by atoms with Crippen molar-refractivity contribution in [3.63, 3.8) is 0 Å². The second-order valence-corrected chi connectivity index (χ2v) is 3.97. The fourth-order valence-corrected chi connectivity index (χ4v) is 1.77. The third-order valence-corrected chi connectivity index (χ3v) is 2.71. The van der Waals surface area contributed by atoms with Crippen molar-refractivity contribution >= 4 is 5.69 Å². The second-order valence-electron chi connectivity index (χ2n) is 3.97. The zero-order chi connectivity index (χ0) is 13.0. The maximum atomic E-state index is 8.96. The molecule has 88 valence electrons. The summed E-state index contributed by atoms with van der Waals surface area (Å²) in [7, 11) is 1.84. The monoisotopic (exact) mass is 236 g/mol. The van der Waals surface area contributed by atoms with Crippen LogP contribution in [0.3, 0.4) is 0 Å². The number of aromatic nitrogens is 1. The van der Waals surface area contributed by atoms with Crippen molar-refractivity contribution in [3.8, 4) is 12.1 Å². The first-order chi connectivity index (χ1) is 8.74. The van der Waals surface area contributed by atoms with Gasteiger partial charge in [0.05, 0.1) is 11.3 Å². The second kappa shape index (κ2) is 5.07. The average Bonchev–Trinajstić information content (AvgIpc) is 2.77. The van der Waals surface area contributed by atoms with E-state index in [0.29, 0.717) is 17.8 Å². The molecule has 0 saturated carbocycles. The van der Waals surface area contributed by atoms with Gasteiger partial charge >= 0.3 is 0 Å². The fraction of sp³-hybridized carbons (Fsp3) is 0.143. The van der Waals surface area contributed by atoms with Crippen molar-refractivity contribution in [2.45, 2.75) is 6.54 Å². The summed E-state index contributed by atoms with van der Waals surface area (Å²) in [5.74, 6) is 0. The summed E-state index contributed by atoms with van der Waals surface area (Å²) in [6.07, 6.45) is 1.90. The summed E-state index contributed by atoms with van der Waals surface area (Å²) in [4.78, 5) is 0. The van der Waals surface area contributed by atoms with Crippen LogP contribution in [0.5, 0.6) is 0 Å². The Balaban J connectivity index is 2.12. The number of hydrogen-bond donors (Lipinski definition) is 1. The normalized spacial score (nSPS) is 9.50. The summed E-state index contributed by atoms with van der Waals surface area (Å²) < 4.78 is 1.78. The van der Waals surface area contributed by atoms with E-state index in [-0.39, 0.29) is 0 Å². The molecule has 4 heteroatoms. The quantitative estimate of drug-likeness (QED) is 0.889. The van der Waals surface area contributed by atoms with Gasteiger partial charge in [-0.2, -0.15) is 10.5 Å². The molecule has 0 unspecified atom stereocenters. The van der Waals surface area contributed by atoms with Crippen molar-refractivity contribution in [2.75, 3.05) is 5.32 Å². The van der Waals surface area contributed by atoms with Gasteiger partial charge in [-0.1, -0.05) is 12.1 Å². The molecule has 18 heavy (non-hydrogen) atoms. The first-order valence-electron chi connectivity index (χ1n) is 5.53. The molecular formula is C14H12N4. The standard InChI is InChI=1S/C14H12N4/c1-18-10-11(6-13(18)8-16)9-17-14-5-3-2-4-12(14)7-15/h2-6,10,17H,9H2,1H3. The average molecular weight is 236 g/mol. The SMILES string of the molecule is Cn1cc(CNc2ccccc2C#N)cc1C#N. The number of rotatable bonds is 3. The maximum Gasteiger partial charge on any atom is 0.120 e. The van der Waals surface area contributed by atoms with Crippen LogP contribution in [0.25, 0.3) is 0 Å². The van der Waals surface area contributed by atoms with Crippen molar-refractivity contribution in [3.05, 3.63) is 53.3 Å². The van der Waals surface area contributed by atoms with E-state index in [2.05, 4.69) is 17.5 Å². The Labute approximate surface area is 106 Å². The van der Waals surface area contributed by atoms with E-state index in [1.807, 2.05) is 37.5 Å². The van der Waals surface area contributed by atoms with Crippen molar-refractivity contribution in [1.29, 1.82) is 10.5 Å². The Kier molecular flexibility index (Phi) is 3.31. The van der Waals surface area contributed by atoms with Crippen LogP contribution in [0.15, 0.2) is 36.5 Å². The molecule has 2 rings (SSSR count). The molecule has 4 nitrogen and oxygen atoms in total. The topological polar surface area (TPSA) is 64.5 Å². The van der Waals surface area contributed by atoms with Crippen LogP contribution in [-0.4, -0.2) is 4.57 Å². The van der Waals surface area contributed by atoms with Crippen molar-refractivity contribution < 1.29 is 0 Å². The van der Waals surface area contributed by atoms with Crippen LogP contribution in [0.1, 0.15) is 16.8 Å². The van der Waals surface area contributed by atoms with Crippen LogP contribution >= 0.6 is 0 Å². The highest BCUT2D eigenvalue weighted by Crippen LogP contribution is 2.15. The summed E-state index contributed by atoms with van der Waals surface area (Å²) in [5, 5.41) is 21.0. The Morgan fingerprint density at radius 2 is 2.00 bits per heavy atom. The molecule has 0 saturated heterocycles. The van der Waals surface area contributed by atoms with E-state index in [0.717, 1.165) is 11.3 Å². The number of nitrogens with zero attached hydrogens (tertiary/aromatic N) is 3. The molecule has 0 atom stereocenters. The minimum atomic E-state index is 0.591. The molecule has 0 amide bonds. The Morgan fingerprint density at radius 1 is 1.22 bits per heavy atom. The molecule has 0 aliphatic carbocycles. The molecule has 0 bridgehead atoms. The van der Waals surface area contributed by atoms with Crippen LogP contribution < -0.4 is 5.32 Å². The number of nitrogens with one attached hydrogen (secondary N) is 1. The summed E-state index contributed by atoms with van der Waals surface area (Å²) >= 11 is 0. The molecule has 2 aromatic rings.